The topological polar surface area (TPSA) is 36.4 Å². The van der Waals surface area contributed by atoms with Crippen LogP contribution in [0.15, 0.2) is 54.6 Å². The van der Waals surface area contributed by atoms with Crippen molar-refractivity contribution in [3.8, 4) is 0 Å². The van der Waals surface area contributed by atoms with Crippen LogP contribution < -0.4 is 0 Å². The van der Waals surface area contributed by atoms with Crippen LogP contribution in [0.1, 0.15) is 17.5 Å². The monoisotopic (exact) mass is 256 g/mol. The van der Waals surface area contributed by atoms with Gasteiger partial charge in [0, 0.05) is 0 Å². The Morgan fingerprint density at radius 3 is 2.10 bits per heavy atom. The van der Waals surface area contributed by atoms with Gasteiger partial charge in [-0.2, -0.15) is 4.79 Å². The van der Waals surface area contributed by atoms with Crippen LogP contribution >= 0.6 is 0 Å². The van der Waals surface area contributed by atoms with E-state index < -0.39 is 0 Å². The van der Waals surface area contributed by atoms with E-state index >= 15 is 0 Å². The molecular weight excluding hydrogens is 244 g/mol. The largest absolute Gasteiger partial charge is 0.361 e. The van der Waals surface area contributed by atoms with Gasteiger partial charge in [-0.15, -0.1) is 0 Å². The summed E-state index contributed by atoms with van der Waals surface area (Å²) in [5.41, 5.74) is 12.3. The van der Waals surface area contributed by atoms with Crippen LogP contribution in [-0.2, 0) is 0 Å². The summed E-state index contributed by atoms with van der Waals surface area (Å²) in [6.07, 6.45) is 4.86. The fourth-order valence-corrected chi connectivity index (χ4v) is 3.13. The zero-order valence-corrected chi connectivity index (χ0v) is 10.9. The summed E-state index contributed by atoms with van der Waals surface area (Å²) in [4.78, 5) is 3.51. The zero-order chi connectivity index (χ0) is 13.5. The molecule has 0 saturated carbocycles. The van der Waals surface area contributed by atoms with Gasteiger partial charge in [0.15, 0.2) is 0 Å². The van der Waals surface area contributed by atoms with E-state index in [0.29, 0.717) is 6.42 Å². The smallest absolute Gasteiger partial charge is 0.304 e. The Balaban J connectivity index is 2.36. The van der Waals surface area contributed by atoms with Crippen LogP contribution in [0.2, 0.25) is 0 Å². The molecule has 0 atom stereocenters. The van der Waals surface area contributed by atoms with Crippen molar-refractivity contribution < 1.29 is 4.79 Å². The maximum atomic E-state index is 9.32. The molecule has 0 spiro atoms. The first-order chi connectivity index (χ1) is 9.90. The van der Waals surface area contributed by atoms with Gasteiger partial charge < -0.3 is 5.53 Å². The number of allylic oxidation sites excluding steroid dienone is 1. The maximum absolute atomic E-state index is 9.32. The molecule has 0 aromatic heterocycles. The van der Waals surface area contributed by atoms with Crippen molar-refractivity contribution in [1.82, 2.24) is 0 Å². The molecule has 2 heteroatoms. The summed E-state index contributed by atoms with van der Waals surface area (Å²) in [6, 6.07) is 16.7. The fourth-order valence-electron chi connectivity index (χ4n) is 3.13. The molecule has 0 saturated heterocycles. The van der Waals surface area contributed by atoms with E-state index in [0.717, 1.165) is 22.2 Å². The van der Waals surface area contributed by atoms with E-state index in [9.17, 15) is 5.53 Å². The Morgan fingerprint density at radius 1 is 0.800 bits per heavy atom. The van der Waals surface area contributed by atoms with Crippen molar-refractivity contribution >= 4 is 33.3 Å². The normalized spacial score (nSPS) is 13.5. The summed E-state index contributed by atoms with van der Waals surface area (Å²) in [6.45, 7) is 0. The first-order valence-corrected chi connectivity index (χ1v) is 6.71. The molecule has 1 aliphatic rings. The molecule has 0 bridgehead atoms. The van der Waals surface area contributed by atoms with Crippen LogP contribution in [-0.4, -0.2) is 10.5 Å². The number of benzene rings is 3. The quantitative estimate of drug-likeness (QED) is 0.324. The van der Waals surface area contributed by atoms with E-state index in [1.807, 2.05) is 6.07 Å². The van der Waals surface area contributed by atoms with Crippen molar-refractivity contribution in [3.63, 3.8) is 0 Å². The van der Waals surface area contributed by atoms with Crippen LogP contribution in [0.3, 0.4) is 0 Å². The molecule has 3 aromatic carbocycles. The summed E-state index contributed by atoms with van der Waals surface area (Å²) >= 11 is 0. The van der Waals surface area contributed by atoms with Gasteiger partial charge in [-0.25, -0.2) is 0 Å². The minimum absolute atomic E-state index is 0.672. The minimum Gasteiger partial charge on any atom is -0.361 e. The van der Waals surface area contributed by atoms with Gasteiger partial charge >= 0.3 is 5.71 Å². The number of nitrogens with zero attached hydrogens (tertiary/aromatic N) is 2. The van der Waals surface area contributed by atoms with Gasteiger partial charge in [-0.3, -0.25) is 0 Å². The lowest BCUT2D eigenvalue weighted by Crippen LogP contribution is -2.08. The Kier molecular flexibility index (Phi) is 2.32. The Hall–Kier alpha value is -2.70. The third kappa shape index (κ3) is 1.40. The van der Waals surface area contributed by atoms with Gasteiger partial charge in [0.2, 0.25) is 0 Å². The summed E-state index contributed by atoms with van der Waals surface area (Å²) < 4.78 is 0. The Morgan fingerprint density at radius 2 is 1.40 bits per heavy atom. The van der Waals surface area contributed by atoms with Gasteiger partial charge in [0.1, 0.15) is 0 Å². The second-order valence-electron chi connectivity index (χ2n) is 5.03. The van der Waals surface area contributed by atoms with Gasteiger partial charge in [0.25, 0.3) is 0 Å². The third-order valence-electron chi connectivity index (χ3n) is 3.98. The van der Waals surface area contributed by atoms with Crippen molar-refractivity contribution in [2.45, 2.75) is 6.42 Å². The van der Waals surface area contributed by atoms with Crippen LogP contribution in [0, 0.1) is 0 Å². The summed E-state index contributed by atoms with van der Waals surface area (Å²) in [5.74, 6) is 0. The predicted molar refractivity (Wildman–Crippen MR) is 82.8 cm³/mol. The maximum Gasteiger partial charge on any atom is 0.304 e. The van der Waals surface area contributed by atoms with Crippen LogP contribution in [0.4, 0.5) is 0 Å². The minimum atomic E-state index is 0.672. The molecule has 20 heavy (non-hydrogen) atoms. The highest BCUT2D eigenvalue weighted by atomic mass is 14.9. The van der Waals surface area contributed by atoms with Crippen molar-refractivity contribution in [1.29, 1.82) is 0 Å². The number of rotatable bonds is 0. The molecule has 0 amide bonds. The van der Waals surface area contributed by atoms with Crippen molar-refractivity contribution in [3.05, 3.63) is 71.3 Å². The second kappa shape index (κ2) is 4.16. The van der Waals surface area contributed by atoms with Gasteiger partial charge in [-0.1, -0.05) is 60.7 Å². The van der Waals surface area contributed by atoms with Gasteiger partial charge in [-0.05, 0) is 27.1 Å². The highest BCUT2D eigenvalue weighted by molar-refractivity contribution is 6.22. The molecule has 0 aliphatic heterocycles. The molecule has 0 heterocycles. The Bertz CT molecular complexity index is 929. The van der Waals surface area contributed by atoms with E-state index in [1.54, 1.807) is 0 Å². The standard InChI is InChI=1S/C18H12N2/c19-20-17-11-5-10-16-14-7-2-1-6-12(14)13-8-3-4-9-15(13)18(16)17/h1-10H,11H2. The number of hydrogen-bond donors (Lipinski definition) is 0. The van der Waals surface area contributed by atoms with Crippen LogP contribution in [0.25, 0.3) is 33.2 Å². The lowest BCUT2D eigenvalue weighted by molar-refractivity contribution is -0.00593. The Labute approximate surface area is 116 Å². The molecule has 0 unspecified atom stereocenters. The van der Waals surface area contributed by atoms with E-state index in [4.69, 9.17) is 0 Å². The van der Waals surface area contributed by atoms with Crippen molar-refractivity contribution in [2.24, 2.45) is 0 Å². The lowest BCUT2D eigenvalue weighted by Gasteiger charge is -2.14. The summed E-state index contributed by atoms with van der Waals surface area (Å²) in [7, 11) is 0. The molecule has 1 aliphatic carbocycles. The predicted octanol–water partition coefficient (Wildman–Crippen LogP) is 4.43. The second-order valence-corrected chi connectivity index (χ2v) is 5.03. The molecule has 0 N–H and O–H groups in total. The SMILES string of the molecule is [N-]=[N+]=C1CC=Cc2c1c1ccccc1c1ccccc21. The summed E-state index contributed by atoms with van der Waals surface area (Å²) in [5, 5.41) is 4.81. The number of fused-ring (bicyclic) bond motifs is 6. The molecule has 94 valence electrons. The van der Waals surface area contributed by atoms with Crippen LogP contribution in [0.5, 0.6) is 0 Å². The van der Waals surface area contributed by atoms with E-state index in [1.165, 1.54) is 16.2 Å². The molecule has 3 aromatic rings. The molecule has 4 rings (SSSR count). The average molecular weight is 256 g/mol. The zero-order valence-electron chi connectivity index (χ0n) is 10.9. The fraction of sp³-hybridized carbons (Fsp3) is 0.0556. The highest BCUT2D eigenvalue weighted by Gasteiger charge is 2.23. The first kappa shape index (κ1) is 11.2. The highest BCUT2D eigenvalue weighted by Crippen LogP contribution is 2.35. The van der Waals surface area contributed by atoms with E-state index in [-0.39, 0.29) is 0 Å². The molecule has 0 fully saturated rings. The third-order valence-corrected chi connectivity index (χ3v) is 3.98. The molecular formula is C18H12N2. The average Bonchev–Trinajstić information content (AvgIpc) is 2.54. The van der Waals surface area contributed by atoms with E-state index in [2.05, 4.69) is 59.4 Å². The number of hydrogen-bond acceptors (Lipinski definition) is 0. The first-order valence-electron chi connectivity index (χ1n) is 6.71. The molecule has 0 radical (unpaired) electrons. The molecule has 2 nitrogen and oxygen atoms in total. The van der Waals surface area contributed by atoms with Crippen molar-refractivity contribution in [2.75, 3.05) is 0 Å². The lowest BCUT2D eigenvalue weighted by atomic mass is 9.86. The van der Waals surface area contributed by atoms with Gasteiger partial charge in [0.05, 0.1) is 12.0 Å².